The summed E-state index contributed by atoms with van der Waals surface area (Å²) >= 11 is 3.43. The molecule has 0 radical (unpaired) electrons. The smallest absolute Gasteiger partial charge is 0.142 e. The van der Waals surface area contributed by atoms with Crippen LogP contribution in [-0.2, 0) is 0 Å². The van der Waals surface area contributed by atoms with Crippen LogP contribution in [0.4, 0.5) is 5.69 Å². The average Bonchev–Trinajstić information content (AvgIpc) is 2.90. The molecular formula is C19H12BrNO2. The molecule has 0 saturated carbocycles. The largest absolute Gasteiger partial charge is 0.506 e. The highest BCUT2D eigenvalue weighted by Gasteiger charge is 2.10. The Labute approximate surface area is 141 Å². The first-order chi connectivity index (χ1) is 11.2. The highest BCUT2D eigenvalue weighted by atomic mass is 79.9. The molecule has 0 saturated heterocycles. The number of fused-ring (bicyclic) bond motifs is 3. The number of benzene rings is 3. The summed E-state index contributed by atoms with van der Waals surface area (Å²) < 4.78 is 6.81. The summed E-state index contributed by atoms with van der Waals surface area (Å²) in [5.74, 6) is 0.135. The first-order valence-electron chi connectivity index (χ1n) is 7.14. The number of rotatable bonds is 2. The first-order valence-corrected chi connectivity index (χ1v) is 7.94. The number of phenols is 1. The van der Waals surface area contributed by atoms with Gasteiger partial charge in [-0.2, -0.15) is 0 Å². The molecule has 0 fully saturated rings. The van der Waals surface area contributed by atoms with E-state index in [1.165, 1.54) is 0 Å². The first kappa shape index (κ1) is 14.0. The van der Waals surface area contributed by atoms with Crippen LogP contribution in [-0.4, -0.2) is 11.3 Å². The normalized spacial score (nSPS) is 11.7. The van der Waals surface area contributed by atoms with Crippen molar-refractivity contribution in [2.24, 2.45) is 4.99 Å². The Morgan fingerprint density at radius 1 is 0.913 bits per heavy atom. The van der Waals surface area contributed by atoms with Crippen molar-refractivity contribution >= 4 is 49.8 Å². The van der Waals surface area contributed by atoms with Crippen molar-refractivity contribution in [3.8, 4) is 5.75 Å². The standard InChI is InChI=1S/C19H12BrNO2/c20-13-5-3-4-12(8-13)11-21-16-10-19-15(9-17(16)22)14-6-1-2-7-18(14)23-19/h1-11,22H. The van der Waals surface area contributed by atoms with Gasteiger partial charge in [-0.1, -0.05) is 46.3 Å². The van der Waals surface area contributed by atoms with E-state index in [1.54, 1.807) is 18.3 Å². The Morgan fingerprint density at radius 3 is 2.65 bits per heavy atom. The summed E-state index contributed by atoms with van der Waals surface area (Å²) in [5.41, 5.74) is 2.94. The molecule has 4 aromatic rings. The number of halogens is 1. The Morgan fingerprint density at radius 2 is 1.78 bits per heavy atom. The molecule has 3 nitrogen and oxygen atoms in total. The van der Waals surface area contributed by atoms with Gasteiger partial charge in [0, 0.05) is 27.5 Å². The minimum Gasteiger partial charge on any atom is -0.506 e. The second kappa shape index (κ2) is 5.56. The number of nitrogens with zero attached hydrogens (tertiary/aromatic N) is 1. The van der Waals surface area contributed by atoms with Crippen LogP contribution < -0.4 is 0 Å². The summed E-state index contributed by atoms with van der Waals surface area (Å²) in [4.78, 5) is 4.38. The lowest BCUT2D eigenvalue weighted by atomic mass is 10.1. The van der Waals surface area contributed by atoms with E-state index in [2.05, 4.69) is 20.9 Å². The fourth-order valence-electron chi connectivity index (χ4n) is 2.58. The van der Waals surface area contributed by atoms with Crippen molar-refractivity contribution in [3.63, 3.8) is 0 Å². The Kier molecular flexibility index (Phi) is 3.39. The van der Waals surface area contributed by atoms with Gasteiger partial charge in [-0.25, -0.2) is 0 Å². The Hall–Kier alpha value is -2.59. The van der Waals surface area contributed by atoms with E-state index in [0.717, 1.165) is 26.4 Å². The summed E-state index contributed by atoms with van der Waals surface area (Å²) in [7, 11) is 0. The number of aliphatic imine (C=N–C) groups is 1. The molecule has 3 aromatic carbocycles. The Balaban J connectivity index is 1.81. The van der Waals surface area contributed by atoms with Gasteiger partial charge >= 0.3 is 0 Å². The number of phenolic OH excluding ortho intramolecular Hbond substituents is 1. The van der Waals surface area contributed by atoms with Crippen LogP contribution >= 0.6 is 15.9 Å². The molecule has 1 heterocycles. The third-order valence-corrected chi connectivity index (χ3v) is 4.17. The number of hydrogen-bond acceptors (Lipinski definition) is 3. The quantitative estimate of drug-likeness (QED) is 0.456. The summed E-state index contributed by atoms with van der Waals surface area (Å²) in [6, 6.07) is 19.0. The predicted molar refractivity (Wildman–Crippen MR) is 96.8 cm³/mol. The van der Waals surface area contributed by atoms with E-state index in [-0.39, 0.29) is 5.75 Å². The summed E-state index contributed by atoms with van der Waals surface area (Å²) in [6.07, 6.45) is 1.72. The van der Waals surface area contributed by atoms with E-state index in [0.29, 0.717) is 11.3 Å². The lowest BCUT2D eigenvalue weighted by molar-refractivity contribution is 0.477. The van der Waals surface area contributed by atoms with Gasteiger partial charge in [0.05, 0.1) is 0 Å². The molecule has 0 atom stereocenters. The van der Waals surface area contributed by atoms with Crippen LogP contribution in [0.1, 0.15) is 5.56 Å². The van der Waals surface area contributed by atoms with Crippen LogP contribution in [0, 0.1) is 0 Å². The van der Waals surface area contributed by atoms with Gasteiger partial charge in [-0.05, 0) is 29.8 Å². The summed E-state index contributed by atoms with van der Waals surface area (Å²) in [6.45, 7) is 0. The highest BCUT2D eigenvalue weighted by Crippen LogP contribution is 2.37. The number of hydrogen-bond donors (Lipinski definition) is 1. The van der Waals surface area contributed by atoms with Gasteiger partial charge in [0.15, 0.2) is 0 Å². The van der Waals surface area contributed by atoms with Crippen LogP contribution in [0.5, 0.6) is 5.75 Å². The van der Waals surface area contributed by atoms with Gasteiger partial charge in [0.2, 0.25) is 0 Å². The van der Waals surface area contributed by atoms with Gasteiger partial charge in [-0.3, -0.25) is 4.99 Å². The SMILES string of the molecule is Oc1cc2c(cc1N=Cc1cccc(Br)c1)oc1ccccc12. The Bertz CT molecular complexity index is 1050. The molecule has 0 aliphatic rings. The van der Waals surface area contributed by atoms with E-state index < -0.39 is 0 Å². The van der Waals surface area contributed by atoms with E-state index in [1.807, 2.05) is 48.5 Å². The maximum Gasteiger partial charge on any atom is 0.142 e. The molecule has 23 heavy (non-hydrogen) atoms. The molecular weight excluding hydrogens is 354 g/mol. The zero-order chi connectivity index (χ0) is 15.8. The zero-order valence-electron chi connectivity index (χ0n) is 12.0. The third kappa shape index (κ3) is 2.62. The van der Waals surface area contributed by atoms with Gasteiger partial charge < -0.3 is 9.52 Å². The van der Waals surface area contributed by atoms with Crippen LogP contribution in [0.15, 0.2) is 74.5 Å². The molecule has 0 aliphatic heterocycles. The minimum atomic E-state index is 0.135. The molecule has 1 aromatic heterocycles. The molecule has 112 valence electrons. The minimum absolute atomic E-state index is 0.135. The van der Waals surface area contributed by atoms with Crippen molar-refractivity contribution in [2.75, 3.05) is 0 Å². The molecule has 4 heteroatoms. The summed E-state index contributed by atoms with van der Waals surface area (Å²) in [5, 5.41) is 12.1. The fraction of sp³-hybridized carbons (Fsp3) is 0. The van der Waals surface area contributed by atoms with Crippen LogP contribution in [0.2, 0.25) is 0 Å². The number of para-hydroxylation sites is 1. The second-order valence-electron chi connectivity index (χ2n) is 5.25. The molecule has 0 spiro atoms. The van der Waals surface area contributed by atoms with Gasteiger partial charge in [0.1, 0.15) is 22.6 Å². The zero-order valence-corrected chi connectivity index (χ0v) is 13.6. The van der Waals surface area contributed by atoms with Crippen molar-refractivity contribution < 1.29 is 9.52 Å². The highest BCUT2D eigenvalue weighted by molar-refractivity contribution is 9.10. The fourth-order valence-corrected chi connectivity index (χ4v) is 3.00. The average molecular weight is 366 g/mol. The molecule has 4 rings (SSSR count). The predicted octanol–water partition coefficient (Wildman–Crippen LogP) is 5.80. The number of furan rings is 1. The number of aromatic hydroxyl groups is 1. The lowest BCUT2D eigenvalue weighted by Crippen LogP contribution is -1.80. The van der Waals surface area contributed by atoms with Crippen molar-refractivity contribution in [2.45, 2.75) is 0 Å². The lowest BCUT2D eigenvalue weighted by Gasteiger charge is -1.99. The molecule has 0 amide bonds. The molecule has 0 unspecified atom stereocenters. The monoisotopic (exact) mass is 365 g/mol. The molecule has 0 bridgehead atoms. The molecule has 1 N–H and O–H groups in total. The maximum atomic E-state index is 10.3. The van der Waals surface area contributed by atoms with E-state index in [9.17, 15) is 5.11 Å². The van der Waals surface area contributed by atoms with Gasteiger partial charge in [-0.15, -0.1) is 0 Å². The molecule has 0 aliphatic carbocycles. The van der Waals surface area contributed by atoms with Gasteiger partial charge in [0.25, 0.3) is 0 Å². The van der Waals surface area contributed by atoms with Crippen LogP contribution in [0.3, 0.4) is 0 Å². The van der Waals surface area contributed by atoms with Crippen molar-refractivity contribution in [1.29, 1.82) is 0 Å². The van der Waals surface area contributed by atoms with Crippen molar-refractivity contribution in [1.82, 2.24) is 0 Å². The topological polar surface area (TPSA) is 45.7 Å². The van der Waals surface area contributed by atoms with E-state index >= 15 is 0 Å². The maximum absolute atomic E-state index is 10.3. The van der Waals surface area contributed by atoms with Crippen LogP contribution in [0.25, 0.3) is 21.9 Å². The third-order valence-electron chi connectivity index (χ3n) is 3.68. The second-order valence-corrected chi connectivity index (χ2v) is 6.16. The van der Waals surface area contributed by atoms with Crippen molar-refractivity contribution in [3.05, 3.63) is 70.7 Å². The van der Waals surface area contributed by atoms with E-state index in [4.69, 9.17) is 4.42 Å².